The molecule has 3 atom stereocenters. The average molecular weight is 537 g/mol. The van der Waals surface area contributed by atoms with Crippen molar-refractivity contribution >= 4 is 28.6 Å². The number of carboxylic acids is 1. The van der Waals surface area contributed by atoms with Gasteiger partial charge >= 0.3 is 5.97 Å². The minimum atomic E-state index is -0.729. The number of fused-ring (bicyclic) bond motifs is 1. The molecule has 0 aliphatic carbocycles. The Morgan fingerprint density at radius 2 is 2.03 bits per heavy atom. The van der Waals surface area contributed by atoms with Crippen molar-refractivity contribution in [1.82, 2.24) is 9.88 Å². The highest BCUT2D eigenvalue weighted by Crippen LogP contribution is 2.35. The third kappa shape index (κ3) is 7.71. The first kappa shape index (κ1) is 28.4. The van der Waals surface area contributed by atoms with Crippen LogP contribution in [0.2, 0.25) is 0 Å². The van der Waals surface area contributed by atoms with E-state index in [0.717, 1.165) is 66.9 Å². The third-order valence-electron chi connectivity index (χ3n) is 7.83. The zero-order valence-electron chi connectivity index (χ0n) is 22.5. The number of carbonyl (C=O) groups is 1. The van der Waals surface area contributed by atoms with E-state index in [1.165, 1.54) is 10.5 Å². The number of piperidine rings is 1. The summed E-state index contributed by atoms with van der Waals surface area (Å²) in [6.07, 6.45) is 5.76. The predicted molar refractivity (Wildman–Crippen MR) is 154 cm³/mol. The molecule has 204 valence electrons. The molecule has 2 N–H and O–H groups in total. The monoisotopic (exact) mass is 536 g/mol. The van der Waals surface area contributed by atoms with Crippen LogP contribution in [0.1, 0.15) is 55.8 Å². The largest absolute Gasteiger partial charge is 0.497 e. The van der Waals surface area contributed by atoms with Crippen molar-refractivity contribution in [3.63, 3.8) is 0 Å². The van der Waals surface area contributed by atoms with E-state index in [-0.39, 0.29) is 6.42 Å². The Bertz CT molecular complexity index is 1200. The van der Waals surface area contributed by atoms with Crippen LogP contribution in [0.5, 0.6) is 5.75 Å². The van der Waals surface area contributed by atoms with Crippen LogP contribution in [-0.4, -0.2) is 58.6 Å². The van der Waals surface area contributed by atoms with Gasteiger partial charge in [0.1, 0.15) is 5.75 Å². The lowest BCUT2D eigenvalue weighted by molar-refractivity contribution is -0.137. The second-order valence-electron chi connectivity index (χ2n) is 10.4. The lowest BCUT2D eigenvalue weighted by Gasteiger charge is -2.39. The van der Waals surface area contributed by atoms with Gasteiger partial charge in [0.15, 0.2) is 0 Å². The van der Waals surface area contributed by atoms with Crippen LogP contribution in [0.3, 0.4) is 0 Å². The van der Waals surface area contributed by atoms with Crippen molar-refractivity contribution in [3.8, 4) is 5.75 Å². The summed E-state index contributed by atoms with van der Waals surface area (Å²) in [6.45, 7) is 5.18. The second-order valence-corrected chi connectivity index (χ2v) is 11.5. The Balaban J connectivity index is 1.32. The fraction of sp³-hybridized carbons (Fsp3) is 0.484. The number of thioether (sulfide) groups is 1. The molecule has 38 heavy (non-hydrogen) atoms. The Labute approximate surface area is 230 Å². The molecule has 2 heterocycles. The van der Waals surface area contributed by atoms with E-state index in [0.29, 0.717) is 24.7 Å². The molecule has 1 saturated heterocycles. The molecule has 1 aromatic heterocycles. The normalized spacial score (nSPS) is 18.9. The molecule has 0 unspecified atom stereocenters. The fourth-order valence-corrected chi connectivity index (χ4v) is 6.62. The van der Waals surface area contributed by atoms with Gasteiger partial charge in [0, 0.05) is 29.4 Å². The Morgan fingerprint density at radius 3 is 2.82 bits per heavy atom. The lowest BCUT2D eigenvalue weighted by atomic mass is 9.79. The maximum absolute atomic E-state index is 11.4. The van der Waals surface area contributed by atoms with Gasteiger partial charge in [-0.05, 0) is 111 Å². The van der Waals surface area contributed by atoms with E-state index < -0.39 is 12.1 Å². The number of likely N-dealkylation sites (tertiary alicyclic amines) is 1. The van der Waals surface area contributed by atoms with Crippen LogP contribution >= 0.6 is 11.8 Å². The van der Waals surface area contributed by atoms with Gasteiger partial charge in [-0.15, -0.1) is 11.8 Å². The molecule has 0 bridgehead atoms. The number of nitrogens with zero attached hydrogens (tertiary/aromatic N) is 2. The summed E-state index contributed by atoms with van der Waals surface area (Å²) in [6, 6.07) is 16.2. The molecular formula is C31H40N2O4S. The first-order valence-electron chi connectivity index (χ1n) is 13.7. The minimum Gasteiger partial charge on any atom is -0.497 e. The molecule has 0 amide bonds. The van der Waals surface area contributed by atoms with E-state index in [2.05, 4.69) is 41.1 Å². The highest BCUT2D eigenvalue weighted by atomic mass is 32.2. The minimum absolute atomic E-state index is 0.204. The molecule has 1 aliphatic heterocycles. The number of aryl methyl sites for hydroxylation is 1. The summed E-state index contributed by atoms with van der Waals surface area (Å²) in [7, 11) is 1.64. The van der Waals surface area contributed by atoms with Gasteiger partial charge in [-0.2, -0.15) is 0 Å². The predicted octanol–water partition coefficient (Wildman–Crippen LogP) is 6.35. The first-order valence-corrected chi connectivity index (χ1v) is 14.7. The zero-order valence-corrected chi connectivity index (χ0v) is 23.3. The quantitative estimate of drug-likeness (QED) is 0.195. The van der Waals surface area contributed by atoms with Crippen LogP contribution < -0.4 is 4.74 Å². The molecule has 4 rings (SSSR count). The van der Waals surface area contributed by atoms with Crippen molar-refractivity contribution in [1.29, 1.82) is 0 Å². The summed E-state index contributed by atoms with van der Waals surface area (Å²) in [5.41, 5.74) is 3.04. The van der Waals surface area contributed by atoms with Gasteiger partial charge in [0.05, 0.1) is 18.7 Å². The van der Waals surface area contributed by atoms with E-state index in [4.69, 9.17) is 4.74 Å². The summed E-state index contributed by atoms with van der Waals surface area (Å²) in [4.78, 5) is 19.7. The topological polar surface area (TPSA) is 82.9 Å². The number of hydrogen-bond acceptors (Lipinski definition) is 6. The molecule has 0 spiro atoms. The number of rotatable bonds is 13. The molecule has 0 saturated carbocycles. The Hall–Kier alpha value is -2.61. The molecule has 0 radical (unpaired) electrons. The molecule has 1 fully saturated rings. The SMILES string of the molecule is COc1ccc2nccc([C@H](O)CC[C@@H]3CCN(CCCSc4ccccc4C)C[C@H]3CCC(=O)O)c2c1. The maximum Gasteiger partial charge on any atom is 0.303 e. The van der Waals surface area contributed by atoms with Crippen LogP contribution in [0, 0.1) is 18.8 Å². The molecule has 7 heteroatoms. The first-order chi connectivity index (χ1) is 18.4. The van der Waals surface area contributed by atoms with E-state index in [1.807, 2.05) is 36.0 Å². The van der Waals surface area contributed by atoms with Gasteiger partial charge in [0.2, 0.25) is 0 Å². The summed E-state index contributed by atoms with van der Waals surface area (Å²) < 4.78 is 5.38. The number of benzene rings is 2. The third-order valence-corrected chi connectivity index (χ3v) is 9.09. The fourth-order valence-electron chi connectivity index (χ4n) is 5.66. The second kappa shape index (κ2) is 14.0. The number of aliphatic hydroxyl groups is 1. The standard InChI is InChI=1S/C31H40N2O4S/c1-22-6-3-4-7-30(22)38-19-5-17-33-18-15-23(24(21-33)9-13-31(35)36)8-12-29(34)26-14-16-32-28-11-10-25(37-2)20-27(26)28/h3-4,6-7,10-11,14,16,20,23-24,29,34H,5,8-9,12-13,15,17-19,21H2,1-2H3,(H,35,36)/t23-,24-,29-/m1/s1. The van der Waals surface area contributed by atoms with E-state index in [9.17, 15) is 15.0 Å². The van der Waals surface area contributed by atoms with Crippen molar-refractivity contribution in [2.75, 3.05) is 32.5 Å². The molecule has 1 aliphatic rings. The maximum atomic E-state index is 11.4. The van der Waals surface area contributed by atoms with Crippen molar-refractivity contribution in [2.24, 2.45) is 11.8 Å². The van der Waals surface area contributed by atoms with Crippen molar-refractivity contribution < 1.29 is 19.7 Å². The van der Waals surface area contributed by atoms with Gasteiger partial charge in [-0.25, -0.2) is 0 Å². The van der Waals surface area contributed by atoms with Crippen LogP contribution in [0.4, 0.5) is 0 Å². The summed E-state index contributed by atoms with van der Waals surface area (Å²) in [5, 5.41) is 21.4. The Kier molecular flexibility index (Phi) is 10.4. The molecule has 2 aromatic carbocycles. The number of methoxy groups -OCH3 is 1. The van der Waals surface area contributed by atoms with Gasteiger partial charge in [-0.3, -0.25) is 9.78 Å². The van der Waals surface area contributed by atoms with Gasteiger partial charge in [0.25, 0.3) is 0 Å². The lowest BCUT2D eigenvalue weighted by Crippen LogP contribution is -2.41. The smallest absolute Gasteiger partial charge is 0.303 e. The zero-order chi connectivity index (χ0) is 26.9. The molecule has 6 nitrogen and oxygen atoms in total. The number of aliphatic hydroxyl groups excluding tert-OH is 1. The van der Waals surface area contributed by atoms with Crippen molar-refractivity contribution in [2.45, 2.75) is 56.4 Å². The van der Waals surface area contributed by atoms with Crippen molar-refractivity contribution in [3.05, 3.63) is 65.9 Å². The number of ether oxygens (including phenoxy) is 1. The highest BCUT2D eigenvalue weighted by Gasteiger charge is 2.30. The van der Waals surface area contributed by atoms with Crippen LogP contribution in [0.15, 0.2) is 59.6 Å². The summed E-state index contributed by atoms with van der Waals surface area (Å²) >= 11 is 1.92. The number of aliphatic carboxylic acids is 1. The van der Waals surface area contributed by atoms with Gasteiger partial charge in [-0.1, -0.05) is 18.2 Å². The highest BCUT2D eigenvalue weighted by molar-refractivity contribution is 7.99. The molecule has 3 aromatic rings. The Morgan fingerprint density at radius 1 is 1.18 bits per heavy atom. The van der Waals surface area contributed by atoms with Gasteiger partial charge < -0.3 is 19.8 Å². The van der Waals surface area contributed by atoms with E-state index in [1.54, 1.807) is 13.3 Å². The molecular weight excluding hydrogens is 496 g/mol. The summed E-state index contributed by atoms with van der Waals surface area (Å²) in [5.74, 6) is 1.86. The van der Waals surface area contributed by atoms with Crippen LogP contribution in [0.25, 0.3) is 10.9 Å². The number of aromatic nitrogens is 1. The van der Waals surface area contributed by atoms with Crippen LogP contribution in [-0.2, 0) is 4.79 Å². The number of hydrogen-bond donors (Lipinski definition) is 2. The number of pyridine rings is 1. The average Bonchev–Trinajstić information content (AvgIpc) is 2.93. The van der Waals surface area contributed by atoms with E-state index >= 15 is 0 Å². The number of carboxylic acid groups (broad SMARTS) is 1.